The van der Waals surface area contributed by atoms with E-state index in [0.717, 1.165) is 6.26 Å². The fraction of sp³-hybridized carbons (Fsp3) is 0.211. The summed E-state index contributed by atoms with van der Waals surface area (Å²) in [6, 6.07) is 6.44. The zero-order chi connectivity index (χ0) is 23.3. The molecule has 32 heavy (non-hydrogen) atoms. The zero-order valence-corrected chi connectivity index (χ0v) is 19.2. The van der Waals surface area contributed by atoms with Gasteiger partial charge in [0.15, 0.2) is 5.82 Å². The predicted molar refractivity (Wildman–Crippen MR) is 122 cm³/mol. The lowest BCUT2D eigenvalue weighted by Crippen LogP contribution is -2.11. The molecule has 0 aliphatic heterocycles. The smallest absolute Gasteiger partial charge is 0.229 e. The lowest BCUT2D eigenvalue weighted by Gasteiger charge is -2.15. The molecule has 0 saturated heterocycles. The molecule has 0 unspecified atom stereocenters. The van der Waals surface area contributed by atoms with Crippen LogP contribution in [-0.4, -0.2) is 51.0 Å². The molecular formula is C19H21ClN6O5S. The molecular weight excluding hydrogens is 460 g/mol. The number of hydrogen-bond acceptors (Lipinski definition) is 10. The minimum Gasteiger partial charge on any atom is -0.497 e. The summed E-state index contributed by atoms with van der Waals surface area (Å²) < 4.78 is 41.6. The molecule has 170 valence electrons. The third-order valence-corrected chi connectivity index (χ3v) is 4.90. The van der Waals surface area contributed by atoms with E-state index in [4.69, 9.17) is 25.8 Å². The van der Waals surface area contributed by atoms with Gasteiger partial charge < -0.3 is 24.8 Å². The number of nitrogens with zero attached hydrogens (tertiary/aromatic N) is 3. The van der Waals surface area contributed by atoms with Crippen LogP contribution in [0.3, 0.4) is 0 Å². The molecule has 1 aromatic carbocycles. The van der Waals surface area contributed by atoms with Crippen LogP contribution in [0.4, 0.5) is 28.8 Å². The Morgan fingerprint density at radius 2 is 1.69 bits per heavy atom. The molecule has 0 spiro atoms. The van der Waals surface area contributed by atoms with Crippen LogP contribution >= 0.6 is 11.6 Å². The largest absolute Gasteiger partial charge is 0.497 e. The molecule has 0 radical (unpaired) electrons. The Kier molecular flexibility index (Phi) is 7.05. The molecule has 0 fully saturated rings. The van der Waals surface area contributed by atoms with Crippen molar-refractivity contribution < 1.29 is 22.6 Å². The van der Waals surface area contributed by atoms with Gasteiger partial charge in [0, 0.05) is 12.1 Å². The van der Waals surface area contributed by atoms with Gasteiger partial charge in [-0.25, -0.2) is 18.4 Å². The lowest BCUT2D eigenvalue weighted by atomic mass is 10.2. The number of halogens is 1. The second-order valence-electron chi connectivity index (χ2n) is 6.35. The highest BCUT2D eigenvalue weighted by atomic mass is 35.5. The number of rotatable bonds is 9. The monoisotopic (exact) mass is 480 g/mol. The maximum Gasteiger partial charge on any atom is 0.229 e. The lowest BCUT2D eigenvalue weighted by molar-refractivity contribution is 0.383. The molecule has 3 rings (SSSR count). The average Bonchev–Trinajstić information content (AvgIpc) is 2.76. The number of pyridine rings is 1. The predicted octanol–water partition coefficient (Wildman–Crippen LogP) is 3.41. The van der Waals surface area contributed by atoms with E-state index in [1.165, 1.54) is 39.8 Å². The summed E-state index contributed by atoms with van der Waals surface area (Å²) in [4.78, 5) is 12.7. The van der Waals surface area contributed by atoms with E-state index in [-0.39, 0.29) is 22.5 Å². The van der Waals surface area contributed by atoms with E-state index in [1.54, 1.807) is 18.2 Å². The Morgan fingerprint density at radius 3 is 2.34 bits per heavy atom. The first-order valence-corrected chi connectivity index (χ1v) is 11.3. The van der Waals surface area contributed by atoms with Crippen LogP contribution in [0.5, 0.6) is 17.4 Å². The van der Waals surface area contributed by atoms with Crippen molar-refractivity contribution in [1.82, 2.24) is 15.0 Å². The van der Waals surface area contributed by atoms with Crippen LogP contribution in [0.15, 0.2) is 36.7 Å². The summed E-state index contributed by atoms with van der Waals surface area (Å²) in [6.45, 7) is 0. The topological polar surface area (TPSA) is 137 Å². The number of sulfonamides is 1. The summed E-state index contributed by atoms with van der Waals surface area (Å²) in [6.07, 6.45) is 3.96. The molecule has 13 heteroatoms. The standard InChI is InChI=1S/C19H21ClN6O5S/c1-29-11-5-6-13(14(7-11)26-32(4,27)28)23-18-12(20)9-22-19(25-18)24-15-10-21-17(31-3)8-16(15)30-2/h5-10,26H,1-4H3,(H2,22,23,24,25). The molecule has 2 aromatic heterocycles. The maximum absolute atomic E-state index is 11.8. The molecule has 2 heterocycles. The van der Waals surface area contributed by atoms with Crippen LogP contribution in [0.2, 0.25) is 5.02 Å². The Labute approximate surface area is 190 Å². The van der Waals surface area contributed by atoms with Gasteiger partial charge in [-0.1, -0.05) is 11.6 Å². The number of methoxy groups -OCH3 is 3. The van der Waals surface area contributed by atoms with Crippen LogP contribution in [0.25, 0.3) is 0 Å². The van der Waals surface area contributed by atoms with Gasteiger partial charge in [-0.15, -0.1) is 0 Å². The SMILES string of the molecule is COc1ccc(Nc2nc(Nc3cnc(OC)cc3OC)ncc2Cl)c(NS(C)(=O)=O)c1. The van der Waals surface area contributed by atoms with Crippen molar-refractivity contribution in [3.05, 3.63) is 41.7 Å². The van der Waals surface area contributed by atoms with Gasteiger partial charge in [0.2, 0.25) is 21.9 Å². The molecule has 0 bridgehead atoms. The van der Waals surface area contributed by atoms with Crippen molar-refractivity contribution in [2.45, 2.75) is 0 Å². The van der Waals surface area contributed by atoms with E-state index in [0.29, 0.717) is 28.8 Å². The highest BCUT2D eigenvalue weighted by Gasteiger charge is 2.14. The van der Waals surface area contributed by atoms with E-state index in [2.05, 4.69) is 30.3 Å². The molecule has 0 aliphatic carbocycles. The minimum absolute atomic E-state index is 0.202. The summed E-state index contributed by atoms with van der Waals surface area (Å²) >= 11 is 6.26. The molecule has 0 aliphatic rings. The quantitative estimate of drug-likeness (QED) is 0.417. The maximum atomic E-state index is 11.8. The number of hydrogen-bond donors (Lipinski definition) is 3. The molecule has 3 aromatic rings. The van der Waals surface area contributed by atoms with Crippen LogP contribution in [0, 0.1) is 0 Å². The first-order chi connectivity index (χ1) is 15.2. The van der Waals surface area contributed by atoms with Gasteiger partial charge in [0.1, 0.15) is 22.2 Å². The van der Waals surface area contributed by atoms with Crippen molar-refractivity contribution in [2.75, 3.05) is 42.9 Å². The van der Waals surface area contributed by atoms with Crippen molar-refractivity contribution in [3.63, 3.8) is 0 Å². The normalized spacial score (nSPS) is 10.9. The fourth-order valence-electron chi connectivity index (χ4n) is 2.60. The Balaban J connectivity index is 1.92. The zero-order valence-electron chi connectivity index (χ0n) is 17.6. The Morgan fingerprint density at radius 1 is 0.906 bits per heavy atom. The van der Waals surface area contributed by atoms with Crippen molar-refractivity contribution in [3.8, 4) is 17.4 Å². The number of ether oxygens (including phenoxy) is 3. The molecule has 11 nitrogen and oxygen atoms in total. The average molecular weight is 481 g/mol. The summed E-state index contributed by atoms with van der Waals surface area (Å²) in [5.41, 5.74) is 1.17. The van der Waals surface area contributed by atoms with Crippen molar-refractivity contribution in [1.29, 1.82) is 0 Å². The molecule has 0 amide bonds. The molecule has 0 atom stereocenters. The van der Waals surface area contributed by atoms with Gasteiger partial charge in [0.05, 0.1) is 51.4 Å². The number of aromatic nitrogens is 3. The first kappa shape index (κ1) is 23.2. The van der Waals surface area contributed by atoms with Gasteiger partial charge in [0.25, 0.3) is 0 Å². The highest BCUT2D eigenvalue weighted by Crippen LogP contribution is 2.33. The highest BCUT2D eigenvalue weighted by molar-refractivity contribution is 7.92. The molecule has 0 saturated carbocycles. The van der Waals surface area contributed by atoms with E-state index in [1.807, 2.05) is 0 Å². The van der Waals surface area contributed by atoms with Gasteiger partial charge in [-0.2, -0.15) is 4.98 Å². The number of anilines is 5. The van der Waals surface area contributed by atoms with E-state index in [9.17, 15) is 8.42 Å². The Bertz CT molecular complexity index is 1220. The summed E-state index contributed by atoms with van der Waals surface area (Å²) in [5, 5.41) is 6.24. The Hall–Kier alpha value is -3.51. The first-order valence-electron chi connectivity index (χ1n) is 9.03. The van der Waals surface area contributed by atoms with Gasteiger partial charge in [-0.3, -0.25) is 4.72 Å². The van der Waals surface area contributed by atoms with Crippen LogP contribution < -0.4 is 29.6 Å². The second kappa shape index (κ2) is 9.75. The molecule has 3 N–H and O–H groups in total. The van der Waals surface area contributed by atoms with Crippen molar-refractivity contribution >= 4 is 50.5 Å². The van der Waals surface area contributed by atoms with Gasteiger partial charge in [-0.05, 0) is 12.1 Å². The third-order valence-electron chi connectivity index (χ3n) is 4.04. The van der Waals surface area contributed by atoms with E-state index >= 15 is 0 Å². The van der Waals surface area contributed by atoms with Crippen molar-refractivity contribution in [2.24, 2.45) is 0 Å². The number of nitrogens with one attached hydrogen (secondary N) is 3. The second-order valence-corrected chi connectivity index (χ2v) is 8.51. The summed E-state index contributed by atoms with van der Waals surface area (Å²) in [7, 11) is 0.947. The third kappa shape index (κ3) is 5.80. The number of benzene rings is 1. The summed E-state index contributed by atoms with van der Waals surface area (Å²) in [5.74, 6) is 1.77. The van der Waals surface area contributed by atoms with E-state index < -0.39 is 10.0 Å². The van der Waals surface area contributed by atoms with Gasteiger partial charge >= 0.3 is 0 Å². The fourth-order valence-corrected chi connectivity index (χ4v) is 3.31. The van der Waals surface area contributed by atoms with Crippen LogP contribution in [-0.2, 0) is 10.0 Å². The van der Waals surface area contributed by atoms with Crippen LogP contribution in [0.1, 0.15) is 0 Å². The minimum atomic E-state index is -3.54.